The fourth-order valence-electron chi connectivity index (χ4n) is 3.76. The van der Waals surface area contributed by atoms with Crippen molar-refractivity contribution in [1.29, 1.82) is 0 Å². The van der Waals surface area contributed by atoms with Crippen LogP contribution in [-0.2, 0) is 19.3 Å². The van der Waals surface area contributed by atoms with Crippen molar-refractivity contribution in [2.45, 2.75) is 33.1 Å². The number of hydrogen-bond donors (Lipinski definition) is 1. The number of nitrogens with zero attached hydrogens (tertiary/aromatic N) is 1. The number of aromatic nitrogens is 1. The molecule has 0 amide bonds. The van der Waals surface area contributed by atoms with Gasteiger partial charge in [0.15, 0.2) is 0 Å². The number of carboxylic acids is 1. The molecule has 0 bridgehead atoms. The van der Waals surface area contributed by atoms with Gasteiger partial charge in [0.2, 0.25) is 0 Å². The molecule has 3 rings (SSSR count). The van der Waals surface area contributed by atoms with Crippen molar-refractivity contribution < 1.29 is 23.8 Å². The fourth-order valence-corrected chi connectivity index (χ4v) is 3.76. The average Bonchev–Trinajstić information content (AvgIpc) is 2.77. The molecule has 0 unspecified atom stereocenters. The van der Waals surface area contributed by atoms with Gasteiger partial charge in [0.25, 0.3) is 0 Å². The number of rotatable bonds is 9. The van der Waals surface area contributed by atoms with E-state index < -0.39 is 11.8 Å². The first-order chi connectivity index (χ1) is 15.3. The van der Waals surface area contributed by atoms with Gasteiger partial charge in [-0.15, -0.1) is 0 Å². The number of carboxylic acid groups (broad SMARTS) is 1. The van der Waals surface area contributed by atoms with Crippen molar-refractivity contribution in [2.75, 3.05) is 14.2 Å². The monoisotopic (exact) mass is 437 g/mol. The van der Waals surface area contributed by atoms with Crippen LogP contribution < -0.4 is 9.47 Å². The quantitative estimate of drug-likeness (QED) is 0.473. The van der Waals surface area contributed by atoms with Gasteiger partial charge in [0, 0.05) is 16.8 Å². The number of pyridine rings is 1. The second kappa shape index (κ2) is 10.3. The van der Waals surface area contributed by atoms with Gasteiger partial charge in [-0.1, -0.05) is 32.0 Å². The van der Waals surface area contributed by atoms with Gasteiger partial charge >= 0.3 is 5.97 Å². The Morgan fingerprint density at radius 1 is 1.00 bits per heavy atom. The minimum absolute atomic E-state index is 0.0811. The van der Waals surface area contributed by atoms with Crippen LogP contribution in [0.15, 0.2) is 48.5 Å². The first kappa shape index (κ1) is 23.3. The molecule has 5 nitrogen and oxygen atoms in total. The van der Waals surface area contributed by atoms with Crippen LogP contribution in [0.25, 0.3) is 11.1 Å². The number of aromatic carboxylic acids is 1. The average molecular weight is 438 g/mol. The highest BCUT2D eigenvalue weighted by Crippen LogP contribution is 2.31. The zero-order chi connectivity index (χ0) is 23.3. The Morgan fingerprint density at radius 3 is 2.38 bits per heavy atom. The molecule has 2 aromatic carbocycles. The molecule has 0 atom stereocenters. The van der Waals surface area contributed by atoms with Gasteiger partial charge in [-0.05, 0) is 61.1 Å². The third kappa shape index (κ3) is 5.25. The van der Waals surface area contributed by atoms with Crippen molar-refractivity contribution in [1.82, 2.24) is 4.98 Å². The number of carbonyl (C=O) groups is 1. The number of methoxy groups -OCH3 is 2. The van der Waals surface area contributed by atoms with Crippen LogP contribution >= 0.6 is 0 Å². The lowest BCUT2D eigenvalue weighted by Gasteiger charge is -2.16. The first-order valence-electron chi connectivity index (χ1n) is 10.6. The second-order valence-corrected chi connectivity index (χ2v) is 8.04. The van der Waals surface area contributed by atoms with Gasteiger partial charge in [0.05, 0.1) is 25.5 Å². The zero-order valence-corrected chi connectivity index (χ0v) is 18.8. The molecular formula is C26H28FNO4. The molecule has 0 saturated carbocycles. The minimum atomic E-state index is -1.08. The van der Waals surface area contributed by atoms with Crippen LogP contribution in [0.5, 0.6) is 11.5 Å². The van der Waals surface area contributed by atoms with Gasteiger partial charge in [0.1, 0.15) is 17.3 Å². The maximum Gasteiger partial charge on any atom is 0.337 e. The molecule has 1 heterocycles. The number of aryl methyl sites for hydroxylation is 2. The van der Waals surface area contributed by atoms with Gasteiger partial charge in [-0.3, -0.25) is 4.98 Å². The van der Waals surface area contributed by atoms with Crippen LogP contribution in [-0.4, -0.2) is 30.3 Å². The predicted molar refractivity (Wildman–Crippen MR) is 122 cm³/mol. The van der Waals surface area contributed by atoms with Crippen molar-refractivity contribution in [3.05, 3.63) is 76.9 Å². The maximum absolute atomic E-state index is 14.5. The Balaban J connectivity index is 2.06. The number of benzene rings is 2. The molecule has 0 aliphatic heterocycles. The summed E-state index contributed by atoms with van der Waals surface area (Å²) in [5, 5.41) is 9.88. The van der Waals surface area contributed by atoms with E-state index in [0.717, 1.165) is 5.56 Å². The third-order valence-electron chi connectivity index (χ3n) is 5.30. The summed E-state index contributed by atoms with van der Waals surface area (Å²) < 4.78 is 25.3. The van der Waals surface area contributed by atoms with E-state index in [4.69, 9.17) is 14.5 Å². The summed E-state index contributed by atoms with van der Waals surface area (Å²) in [7, 11) is 3.19. The summed E-state index contributed by atoms with van der Waals surface area (Å²) >= 11 is 0. The zero-order valence-electron chi connectivity index (χ0n) is 18.8. The van der Waals surface area contributed by atoms with E-state index in [0.29, 0.717) is 53.3 Å². The molecule has 0 aliphatic carbocycles. The van der Waals surface area contributed by atoms with Crippen LogP contribution in [0.4, 0.5) is 4.39 Å². The Labute approximate surface area is 187 Å². The topological polar surface area (TPSA) is 68.7 Å². The van der Waals surface area contributed by atoms with Crippen molar-refractivity contribution >= 4 is 5.97 Å². The van der Waals surface area contributed by atoms with Crippen LogP contribution in [0.1, 0.15) is 41.2 Å². The van der Waals surface area contributed by atoms with E-state index in [2.05, 4.69) is 13.8 Å². The van der Waals surface area contributed by atoms with Gasteiger partial charge < -0.3 is 14.6 Å². The van der Waals surface area contributed by atoms with Crippen LogP contribution in [0.3, 0.4) is 0 Å². The fraction of sp³-hybridized carbons (Fsp3) is 0.308. The Hall–Kier alpha value is -3.41. The molecule has 1 N–H and O–H groups in total. The summed E-state index contributed by atoms with van der Waals surface area (Å²) in [5.41, 5.74) is 3.03. The predicted octanol–water partition coefficient (Wildman–Crippen LogP) is 5.59. The van der Waals surface area contributed by atoms with E-state index in [1.165, 1.54) is 6.07 Å². The standard InChI is InChI=1S/C26H28FNO4/c1-16(2)13-24-20(19-7-5-6-8-22(19)27)15-21(26(29)30)23(28-24)11-9-17-14-18(31-3)10-12-25(17)32-4/h5-8,10,12,14-16H,9,11,13H2,1-4H3,(H,29,30). The maximum atomic E-state index is 14.5. The first-order valence-corrected chi connectivity index (χ1v) is 10.6. The molecule has 0 aliphatic rings. The summed E-state index contributed by atoms with van der Waals surface area (Å²) in [6.45, 7) is 4.11. The summed E-state index contributed by atoms with van der Waals surface area (Å²) in [6, 6.07) is 13.5. The van der Waals surface area contributed by atoms with Gasteiger partial charge in [-0.2, -0.15) is 0 Å². The van der Waals surface area contributed by atoms with Crippen molar-refractivity contribution in [3.8, 4) is 22.6 Å². The van der Waals surface area contributed by atoms with Gasteiger partial charge in [-0.25, -0.2) is 9.18 Å². The molecule has 3 aromatic rings. The highest BCUT2D eigenvalue weighted by atomic mass is 19.1. The summed E-state index contributed by atoms with van der Waals surface area (Å²) in [5.74, 6) is 0.189. The summed E-state index contributed by atoms with van der Waals surface area (Å²) in [4.78, 5) is 16.8. The lowest BCUT2D eigenvalue weighted by molar-refractivity contribution is 0.0695. The minimum Gasteiger partial charge on any atom is -0.497 e. The molecule has 6 heteroatoms. The van der Waals surface area contributed by atoms with E-state index in [-0.39, 0.29) is 11.5 Å². The molecule has 0 radical (unpaired) electrons. The van der Waals surface area contributed by atoms with E-state index >= 15 is 0 Å². The third-order valence-corrected chi connectivity index (χ3v) is 5.30. The lowest BCUT2D eigenvalue weighted by atomic mass is 9.94. The molecule has 0 fully saturated rings. The van der Waals surface area contributed by atoms with Crippen LogP contribution in [0, 0.1) is 11.7 Å². The highest BCUT2D eigenvalue weighted by Gasteiger charge is 2.20. The number of ether oxygens (including phenoxy) is 2. The Morgan fingerprint density at radius 2 is 1.75 bits per heavy atom. The molecule has 0 saturated heterocycles. The van der Waals surface area contributed by atoms with Crippen molar-refractivity contribution in [2.24, 2.45) is 5.92 Å². The molecular weight excluding hydrogens is 409 g/mol. The van der Waals surface area contributed by atoms with E-state index in [9.17, 15) is 14.3 Å². The normalized spacial score (nSPS) is 10.9. The Kier molecular flexibility index (Phi) is 7.46. The second-order valence-electron chi connectivity index (χ2n) is 8.04. The lowest BCUT2D eigenvalue weighted by Crippen LogP contribution is -2.12. The molecule has 32 heavy (non-hydrogen) atoms. The van der Waals surface area contributed by atoms with E-state index in [1.807, 2.05) is 18.2 Å². The van der Waals surface area contributed by atoms with E-state index in [1.54, 1.807) is 38.5 Å². The molecule has 1 aromatic heterocycles. The highest BCUT2D eigenvalue weighted by molar-refractivity contribution is 5.91. The smallest absolute Gasteiger partial charge is 0.337 e. The van der Waals surface area contributed by atoms with Crippen LogP contribution in [0.2, 0.25) is 0 Å². The van der Waals surface area contributed by atoms with Crippen molar-refractivity contribution in [3.63, 3.8) is 0 Å². The SMILES string of the molecule is COc1ccc(OC)c(CCc2nc(CC(C)C)c(-c3ccccc3F)cc2C(=O)O)c1. The molecule has 0 spiro atoms. The number of halogens is 1. The largest absolute Gasteiger partial charge is 0.497 e. The molecule has 168 valence electrons. The Bertz CT molecular complexity index is 1110. The number of hydrogen-bond acceptors (Lipinski definition) is 4. The summed E-state index contributed by atoms with van der Waals surface area (Å²) in [6.07, 6.45) is 1.53.